The number of rotatable bonds is 4. The zero-order chi connectivity index (χ0) is 16.5. The van der Waals surface area contributed by atoms with Crippen molar-refractivity contribution in [2.24, 2.45) is 11.8 Å². The molecule has 2 aliphatic heterocycles. The molecule has 1 saturated carbocycles. The van der Waals surface area contributed by atoms with E-state index in [9.17, 15) is 4.79 Å². The van der Waals surface area contributed by atoms with Gasteiger partial charge in [0, 0.05) is 30.8 Å². The van der Waals surface area contributed by atoms with Crippen molar-refractivity contribution < 1.29 is 9.53 Å². The Kier molecular flexibility index (Phi) is 4.77. The number of amides is 2. The third-order valence-electron chi connectivity index (χ3n) is 5.59. The van der Waals surface area contributed by atoms with Crippen LogP contribution in [0.3, 0.4) is 0 Å². The molecule has 3 aliphatic rings. The van der Waals surface area contributed by atoms with Crippen LogP contribution in [0.25, 0.3) is 0 Å². The highest BCUT2D eigenvalue weighted by Gasteiger charge is 2.37. The minimum absolute atomic E-state index is 0.0885. The summed E-state index contributed by atoms with van der Waals surface area (Å²) < 4.78 is 5.83. The summed E-state index contributed by atoms with van der Waals surface area (Å²) in [4.78, 5) is 19.3. The minimum atomic E-state index is 0.0885. The van der Waals surface area contributed by atoms with E-state index in [2.05, 4.69) is 15.7 Å². The van der Waals surface area contributed by atoms with Gasteiger partial charge in [-0.2, -0.15) is 0 Å². The number of urea groups is 1. The number of carbonyl (C=O) groups excluding carboxylic acids is 1. The molecule has 1 N–H and O–H groups in total. The van der Waals surface area contributed by atoms with Crippen LogP contribution in [0.1, 0.15) is 55.3 Å². The Hall–Kier alpha value is -1.14. The Morgan fingerprint density at radius 2 is 2.12 bits per heavy atom. The Bertz CT molecular complexity index is 573. The van der Waals surface area contributed by atoms with Gasteiger partial charge in [-0.1, -0.05) is 0 Å². The summed E-state index contributed by atoms with van der Waals surface area (Å²) in [6, 6.07) is 0.192. The lowest BCUT2D eigenvalue weighted by Crippen LogP contribution is -2.47. The SMILES string of the molecule is Cc1csc([C@H](NC(=O)N2CCC([C@@H]3CCCO3)CC2)C2CC2)n1. The quantitative estimate of drug-likeness (QED) is 0.905. The third kappa shape index (κ3) is 3.59. The Balaban J connectivity index is 1.32. The summed E-state index contributed by atoms with van der Waals surface area (Å²) in [6.07, 6.45) is 7.37. The fraction of sp³-hybridized carbons (Fsp3) is 0.778. The van der Waals surface area contributed by atoms with E-state index in [4.69, 9.17) is 4.74 Å². The van der Waals surface area contributed by atoms with E-state index in [-0.39, 0.29) is 12.1 Å². The summed E-state index contributed by atoms with van der Waals surface area (Å²) in [5.41, 5.74) is 1.05. The van der Waals surface area contributed by atoms with E-state index in [0.717, 1.165) is 43.2 Å². The van der Waals surface area contributed by atoms with E-state index in [1.54, 1.807) is 11.3 Å². The molecule has 4 rings (SSSR count). The third-order valence-corrected chi connectivity index (χ3v) is 6.64. The molecule has 0 bridgehead atoms. The first kappa shape index (κ1) is 16.3. The number of ether oxygens (including phenoxy) is 1. The zero-order valence-corrected chi connectivity index (χ0v) is 15.2. The van der Waals surface area contributed by atoms with Crippen LogP contribution in [0.4, 0.5) is 4.79 Å². The molecule has 2 amide bonds. The molecule has 2 atom stereocenters. The average molecular weight is 350 g/mol. The van der Waals surface area contributed by atoms with Gasteiger partial charge in [0.2, 0.25) is 0 Å². The normalized spacial score (nSPS) is 26.5. The molecule has 2 saturated heterocycles. The van der Waals surface area contributed by atoms with Crippen LogP contribution >= 0.6 is 11.3 Å². The van der Waals surface area contributed by atoms with Gasteiger partial charge in [-0.25, -0.2) is 9.78 Å². The number of nitrogens with zero attached hydrogens (tertiary/aromatic N) is 2. The first-order valence-corrected chi connectivity index (χ1v) is 10.2. The van der Waals surface area contributed by atoms with Crippen molar-refractivity contribution in [3.63, 3.8) is 0 Å². The highest BCUT2D eigenvalue weighted by molar-refractivity contribution is 7.09. The monoisotopic (exact) mass is 349 g/mol. The second-order valence-corrected chi connectivity index (χ2v) is 8.36. The molecule has 1 aromatic rings. The van der Waals surface area contributed by atoms with Crippen molar-refractivity contribution in [2.45, 2.75) is 57.6 Å². The molecule has 3 heterocycles. The van der Waals surface area contributed by atoms with Gasteiger partial charge < -0.3 is 15.0 Å². The molecule has 6 heteroatoms. The molecular formula is C18H27N3O2S. The van der Waals surface area contributed by atoms with Crippen LogP contribution < -0.4 is 5.32 Å². The summed E-state index contributed by atoms with van der Waals surface area (Å²) in [5, 5.41) is 6.41. The number of piperidine rings is 1. The number of hydrogen-bond donors (Lipinski definition) is 1. The average Bonchev–Trinajstić information content (AvgIpc) is 3.10. The standard InChI is InChI=1S/C18H27N3O2S/c1-12-11-24-17(19-12)16(14-4-5-14)20-18(22)21-8-6-13(7-9-21)15-3-2-10-23-15/h11,13-16H,2-10H2,1H3,(H,20,22)/t15-,16+/m0/s1. The fourth-order valence-corrected chi connectivity index (χ4v) is 4.94. The van der Waals surface area contributed by atoms with Crippen molar-refractivity contribution in [1.29, 1.82) is 0 Å². The molecule has 132 valence electrons. The minimum Gasteiger partial charge on any atom is -0.378 e. The number of nitrogens with one attached hydrogen (secondary N) is 1. The van der Waals surface area contributed by atoms with Gasteiger partial charge in [0.15, 0.2) is 0 Å². The van der Waals surface area contributed by atoms with Crippen LogP contribution in [0.15, 0.2) is 5.38 Å². The van der Waals surface area contributed by atoms with Gasteiger partial charge in [0.05, 0.1) is 12.1 Å². The van der Waals surface area contributed by atoms with Gasteiger partial charge in [-0.3, -0.25) is 0 Å². The molecular weight excluding hydrogens is 322 g/mol. The Morgan fingerprint density at radius 1 is 1.33 bits per heavy atom. The van der Waals surface area contributed by atoms with Gasteiger partial charge in [0.25, 0.3) is 0 Å². The predicted molar refractivity (Wildman–Crippen MR) is 94.1 cm³/mol. The van der Waals surface area contributed by atoms with Crippen LogP contribution in [0.5, 0.6) is 0 Å². The topological polar surface area (TPSA) is 54.5 Å². The van der Waals surface area contributed by atoms with E-state index in [0.29, 0.717) is 17.9 Å². The maximum absolute atomic E-state index is 12.7. The van der Waals surface area contributed by atoms with Crippen molar-refractivity contribution in [1.82, 2.24) is 15.2 Å². The summed E-state index contributed by atoms with van der Waals surface area (Å²) in [7, 11) is 0. The maximum atomic E-state index is 12.7. The van der Waals surface area contributed by atoms with Crippen molar-refractivity contribution in [3.8, 4) is 0 Å². The van der Waals surface area contributed by atoms with Crippen LogP contribution in [0, 0.1) is 18.8 Å². The highest BCUT2D eigenvalue weighted by Crippen LogP contribution is 2.42. The van der Waals surface area contributed by atoms with Crippen molar-refractivity contribution in [2.75, 3.05) is 19.7 Å². The van der Waals surface area contributed by atoms with Gasteiger partial charge >= 0.3 is 6.03 Å². The van der Waals surface area contributed by atoms with Gasteiger partial charge in [-0.05, 0) is 57.3 Å². The molecule has 1 aliphatic carbocycles. The maximum Gasteiger partial charge on any atom is 0.317 e. The molecule has 0 unspecified atom stereocenters. The first-order chi connectivity index (χ1) is 11.7. The lowest BCUT2D eigenvalue weighted by Gasteiger charge is -2.35. The predicted octanol–water partition coefficient (Wildman–Crippen LogP) is 3.50. The number of likely N-dealkylation sites (tertiary alicyclic amines) is 1. The number of carbonyl (C=O) groups is 1. The van der Waals surface area contributed by atoms with Crippen molar-refractivity contribution >= 4 is 17.4 Å². The van der Waals surface area contributed by atoms with E-state index >= 15 is 0 Å². The number of aromatic nitrogens is 1. The number of aryl methyl sites for hydroxylation is 1. The molecule has 0 radical (unpaired) electrons. The van der Waals surface area contributed by atoms with E-state index < -0.39 is 0 Å². The zero-order valence-electron chi connectivity index (χ0n) is 14.4. The van der Waals surface area contributed by atoms with Crippen LogP contribution in [0.2, 0.25) is 0 Å². The molecule has 0 aromatic carbocycles. The largest absolute Gasteiger partial charge is 0.378 e. The highest BCUT2D eigenvalue weighted by atomic mass is 32.1. The molecule has 24 heavy (non-hydrogen) atoms. The molecule has 3 fully saturated rings. The molecule has 1 aromatic heterocycles. The lowest BCUT2D eigenvalue weighted by atomic mass is 9.90. The lowest BCUT2D eigenvalue weighted by molar-refractivity contribution is 0.0370. The second kappa shape index (κ2) is 7.00. The smallest absolute Gasteiger partial charge is 0.317 e. The van der Waals surface area contributed by atoms with E-state index in [1.807, 2.05) is 11.8 Å². The van der Waals surface area contributed by atoms with Crippen molar-refractivity contribution in [3.05, 3.63) is 16.1 Å². The Labute approximate surface area is 147 Å². The molecule has 0 spiro atoms. The summed E-state index contributed by atoms with van der Waals surface area (Å²) in [6.45, 7) is 4.64. The van der Waals surface area contributed by atoms with Crippen LogP contribution in [-0.4, -0.2) is 41.7 Å². The van der Waals surface area contributed by atoms with E-state index in [1.165, 1.54) is 25.7 Å². The van der Waals surface area contributed by atoms with Crippen LogP contribution in [-0.2, 0) is 4.74 Å². The summed E-state index contributed by atoms with van der Waals surface area (Å²) in [5.74, 6) is 1.21. The second-order valence-electron chi connectivity index (χ2n) is 7.47. The number of hydrogen-bond acceptors (Lipinski definition) is 4. The number of thiazole rings is 1. The summed E-state index contributed by atoms with van der Waals surface area (Å²) >= 11 is 1.67. The fourth-order valence-electron chi connectivity index (χ4n) is 4.00. The van der Waals surface area contributed by atoms with Gasteiger partial charge in [-0.15, -0.1) is 11.3 Å². The van der Waals surface area contributed by atoms with Gasteiger partial charge in [0.1, 0.15) is 5.01 Å². The molecule has 5 nitrogen and oxygen atoms in total. The Morgan fingerprint density at radius 3 is 2.71 bits per heavy atom. The first-order valence-electron chi connectivity index (χ1n) is 9.30.